The maximum absolute atomic E-state index is 14.0. The van der Waals surface area contributed by atoms with E-state index in [0.29, 0.717) is 57.3 Å². The van der Waals surface area contributed by atoms with Crippen LogP contribution in [0.4, 0.5) is 19.1 Å². The fourth-order valence-electron chi connectivity index (χ4n) is 5.83. The standard InChI is InChI=1S/C24H30F3N5O4S2/c1-38(35,36)31-10-5-15(6-11-31)29-22-28-14-17(24(25,26)27)19(30-22)18-13-16-20(37-18)23(8-4-12-33)7-2-3-9-32(23)21(16)34/h13-15,33H,2-12H2,1H3,(H,28,29,30). The van der Waals surface area contributed by atoms with E-state index in [1.165, 1.54) is 21.7 Å². The summed E-state index contributed by atoms with van der Waals surface area (Å²) in [7, 11) is -3.30. The van der Waals surface area contributed by atoms with Crippen LogP contribution >= 0.6 is 11.3 Å². The number of aromatic nitrogens is 2. The summed E-state index contributed by atoms with van der Waals surface area (Å²) in [6.45, 7) is 1.17. The number of fused-ring (bicyclic) bond motifs is 3. The lowest BCUT2D eigenvalue weighted by molar-refractivity contribution is -0.137. The van der Waals surface area contributed by atoms with Crippen LogP contribution in [0.5, 0.6) is 0 Å². The molecule has 1 amide bonds. The number of hydrogen-bond acceptors (Lipinski definition) is 8. The lowest BCUT2D eigenvalue weighted by atomic mass is 9.83. The molecule has 9 nitrogen and oxygen atoms in total. The molecule has 0 aliphatic carbocycles. The van der Waals surface area contributed by atoms with Crippen LogP contribution in [0.15, 0.2) is 12.3 Å². The SMILES string of the molecule is CS(=O)(=O)N1CCC(Nc2ncc(C(F)(F)F)c(-c3cc4c(s3)C3(CCCO)CCCCN3C4=O)n2)CC1. The number of carbonyl (C=O) groups excluding carboxylic acids is 1. The second-order valence-electron chi connectivity index (χ2n) is 10.2. The first kappa shape index (κ1) is 27.3. The van der Waals surface area contributed by atoms with Crippen molar-refractivity contribution in [1.82, 2.24) is 19.2 Å². The summed E-state index contributed by atoms with van der Waals surface area (Å²) >= 11 is 1.17. The molecule has 38 heavy (non-hydrogen) atoms. The van der Waals surface area contributed by atoms with E-state index in [-0.39, 0.29) is 35.1 Å². The van der Waals surface area contributed by atoms with Crippen molar-refractivity contribution < 1.29 is 31.5 Å². The molecule has 2 N–H and O–H groups in total. The number of aliphatic hydroxyl groups is 1. The van der Waals surface area contributed by atoms with Gasteiger partial charge >= 0.3 is 6.18 Å². The zero-order valence-electron chi connectivity index (χ0n) is 20.9. The maximum Gasteiger partial charge on any atom is 0.420 e. The van der Waals surface area contributed by atoms with Crippen molar-refractivity contribution in [3.63, 3.8) is 0 Å². The van der Waals surface area contributed by atoms with Crippen LogP contribution in [-0.4, -0.2) is 77.1 Å². The number of carbonyl (C=O) groups is 1. The number of aliphatic hydroxyl groups excluding tert-OH is 1. The number of piperidine rings is 2. The first-order valence-electron chi connectivity index (χ1n) is 12.7. The third-order valence-corrected chi connectivity index (χ3v) is 10.3. The van der Waals surface area contributed by atoms with Gasteiger partial charge in [-0.2, -0.15) is 13.2 Å². The quantitative estimate of drug-likeness (QED) is 0.519. The van der Waals surface area contributed by atoms with Gasteiger partial charge in [0, 0.05) is 43.4 Å². The Morgan fingerprint density at radius 2 is 1.97 bits per heavy atom. The van der Waals surface area contributed by atoms with E-state index in [1.54, 1.807) is 0 Å². The molecule has 3 aliphatic rings. The Morgan fingerprint density at radius 1 is 1.24 bits per heavy atom. The molecule has 208 valence electrons. The van der Waals surface area contributed by atoms with Gasteiger partial charge in [0.1, 0.15) is 5.56 Å². The Hall–Kier alpha value is -2.29. The molecule has 2 fully saturated rings. The summed E-state index contributed by atoms with van der Waals surface area (Å²) in [6.07, 6.45) is 1.68. The highest BCUT2D eigenvalue weighted by Crippen LogP contribution is 2.53. The number of alkyl halides is 3. The minimum absolute atomic E-state index is 0.0278. The number of halogens is 3. The predicted octanol–water partition coefficient (Wildman–Crippen LogP) is 3.67. The molecule has 2 aromatic heterocycles. The van der Waals surface area contributed by atoms with Crippen LogP contribution in [0.1, 0.15) is 65.7 Å². The van der Waals surface area contributed by atoms with Gasteiger partial charge < -0.3 is 15.3 Å². The zero-order chi connectivity index (χ0) is 27.3. The highest BCUT2D eigenvalue weighted by molar-refractivity contribution is 7.88. The largest absolute Gasteiger partial charge is 0.420 e. The average Bonchev–Trinajstić information content (AvgIpc) is 3.40. The molecule has 0 spiro atoms. The fraction of sp³-hybridized carbons (Fsp3) is 0.625. The summed E-state index contributed by atoms with van der Waals surface area (Å²) in [5.41, 5.74) is -1.45. The number of anilines is 1. The monoisotopic (exact) mass is 573 g/mol. The normalized spacial score (nSPS) is 23.0. The molecule has 2 saturated heterocycles. The van der Waals surface area contributed by atoms with Gasteiger partial charge in [0.2, 0.25) is 16.0 Å². The van der Waals surface area contributed by atoms with Gasteiger partial charge in [0.15, 0.2) is 0 Å². The number of thiophene rings is 1. The van der Waals surface area contributed by atoms with E-state index in [2.05, 4.69) is 15.3 Å². The fourth-order valence-corrected chi connectivity index (χ4v) is 8.12. The summed E-state index contributed by atoms with van der Waals surface area (Å²) < 4.78 is 66.9. The smallest absolute Gasteiger partial charge is 0.396 e. The lowest BCUT2D eigenvalue weighted by Crippen LogP contribution is -2.47. The van der Waals surface area contributed by atoms with E-state index >= 15 is 0 Å². The van der Waals surface area contributed by atoms with Gasteiger partial charge in [-0.3, -0.25) is 4.79 Å². The Labute approximate surface area is 223 Å². The van der Waals surface area contributed by atoms with E-state index in [1.807, 2.05) is 4.90 Å². The van der Waals surface area contributed by atoms with Crippen LogP contribution in [-0.2, 0) is 21.7 Å². The minimum Gasteiger partial charge on any atom is -0.396 e. The van der Waals surface area contributed by atoms with Crippen molar-refractivity contribution in [2.75, 3.05) is 37.8 Å². The van der Waals surface area contributed by atoms with E-state index in [0.717, 1.165) is 30.2 Å². The Kier molecular flexibility index (Phi) is 7.20. The Balaban J connectivity index is 1.48. The van der Waals surface area contributed by atoms with Crippen LogP contribution in [0, 0.1) is 0 Å². The molecule has 5 rings (SSSR count). The molecule has 3 aliphatic heterocycles. The Bertz CT molecular complexity index is 1320. The van der Waals surface area contributed by atoms with Crippen LogP contribution in [0.2, 0.25) is 0 Å². The summed E-state index contributed by atoms with van der Waals surface area (Å²) in [6, 6.07) is 1.33. The number of nitrogens with one attached hydrogen (secondary N) is 1. The van der Waals surface area contributed by atoms with Gasteiger partial charge in [-0.25, -0.2) is 22.7 Å². The molecule has 0 bridgehead atoms. The van der Waals surface area contributed by atoms with Crippen molar-refractivity contribution in [3.8, 4) is 10.6 Å². The highest BCUT2D eigenvalue weighted by atomic mass is 32.2. The molecular formula is C24H30F3N5O4S2. The van der Waals surface area contributed by atoms with Crippen LogP contribution in [0.3, 0.4) is 0 Å². The maximum atomic E-state index is 14.0. The lowest BCUT2D eigenvalue weighted by Gasteiger charge is -2.42. The van der Waals surface area contributed by atoms with Crippen molar-refractivity contribution in [3.05, 3.63) is 28.3 Å². The second-order valence-corrected chi connectivity index (χ2v) is 13.2. The first-order valence-corrected chi connectivity index (χ1v) is 15.3. The number of hydrogen-bond donors (Lipinski definition) is 2. The van der Waals surface area contributed by atoms with Gasteiger partial charge in [0.25, 0.3) is 5.91 Å². The van der Waals surface area contributed by atoms with Crippen molar-refractivity contribution in [2.45, 2.75) is 62.7 Å². The number of nitrogens with zero attached hydrogens (tertiary/aromatic N) is 4. The molecule has 1 atom stereocenters. The number of amides is 1. The summed E-state index contributed by atoms with van der Waals surface area (Å²) in [4.78, 5) is 24.3. The van der Waals surface area contributed by atoms with Crippen molar-refractivity contribution in [1.29, 1.82) is 0 Å². The van der Waals surface area contributed by atoms with E-state index in [4.69, 9.17) is 0 Å². The average molecular weight is 574 g/mol. The highest BCUT2D eigenvalue weighted by Gasteiger charge is 2.52. The molecule has 0 saturated carbocycles. The molecule has 0 aromatic carbocycles. The molecular weight excluding hydrogens is 543 g/mol. The topological polar surface area (TPSA) is 116 Å². The third kappa shape index (κ3) is 4.91. The number of sulfonamides is 1. The van der Waals surface area contributed by atoms with Crippen LogP contribution < -0.4 is 5.32 Å². The van der Waals surface area contributed by atoms with Crippen molar-refractivity contribution in [2.24, 2.45) is 0 Å². The molecule has 0 radical (unpaired) electrons. The van der Waals surface area contributed by atoms with Gasteiger partial charge in [-0.05, 0) is 51.0 Å². The summed E-state index contributed by atoms with van der Waals surface area (Å²) in [5, 5.41) is 12.5. The molecule has 5 heterocycles. The minimum atomic E-state index is -4.70. The molecule has 2 aromatic rings. The van der Waals surface area contributed by atoms with Gasteiger partial charge in [-0.15, -0.1) is 11.3 Å². The second kappa shape index (κ2) is 10.0. The van der Waals surface area contributed by atoms with Gasteiger partial charge in [-0.1, -0.05) is 0 Å². The molecule has 1 unspecified atom stereocenters. The molecule has 14 heteroatoms. The third-order valence-electron chi connectivity index (χ3n) is 7.70. The predicted molar refractivity (Wildman–Crippen MR) is 136 cm³/mol. The van der Waals surface area contributed by atoms with E-state index < -0.39 is 27.3 Å². The zero-order valence-corrected chi connectivity index (χ0v) is 22.6. The van der Waals surface area contributed by atoms with Crippen LogP contribution in [0.25, 0.3) is 10.6 Å². The van der Waals surface area contributed by atoms with Crippen molar-refractivity contribution >= 4 is 33.2 Å². The first-order chi connectivity index (χ1) is 17.9. The summed E-state index contributed by atoms with van der Waals surface area (Å²) in [5.74, 6) is -0.154. The Morgan fingerprint density at radius 3 is 2.63 bits per heavy atom. The van der Waals surface area contributed by atoms with Gasteiger partial charge in [0.05, 0.1) is 27.9 Å². The van der Waals surface area contributed by atoms with E-state index in [9.17, 15) is 31.5 Å². The number of rotatable bonds is 7.